The third-order valence-electron chi connectivity index (χ3n) is 5.64. The number of nitrogens with one attached hydrogen (secondary N) is 1. The van der Waals surface area contributed by atoms with E-state index in [1.54, 1.807) is 32.0 Å². The quantitative estimate of drug-likeness (QED) is 0.289. The number of nitrogen functional groups attached to an aromatic ring is 1. The van der Waals surface area contributed by atoms with Crippen molar-refractivity contribution in [1.82, 2.24) is 14.6 Å². The molecule has 1 aromatic heterocycles. The molecule has 15 heteroatoms. The summed E-state index contributed by atoms with van der Waals surface area (Å²) in [5.41, 5.74) is 1.54. The molecule has 1 saturated heterocycles. The summed E-state index contributed by atoms with van der Waals surface area (Å²) < 4.78 is 65.9. The zero-order valence-corrected chi connectivity index (χ0v) is 22.3. The summed E-state index contributed by atoms with van der Waals surface area (Å²) in [6, 6.07) is 6.74. The average Bonchev–Trinajstić information content (AvgIpc) is 3.05. The lowest BCUT2D eigenvalue weighted by atomic mass is 9.96. The van der Waals surface area contributed by atoms with Crippen LogP contribution >= 0.6 is 7.75 Å². The number of rotatable bonds is 10. The van der Waals surface area contributed by atoms with E-state index in [0.29, 0.717) is 10.8 Å². The van der Waals surface area contributed by atoms with Crippen molar-refractivity contribution in [3.63, 3.8) is 0 Å². The number of aliphatic hydroxyl groups is 1. The van der Waals surface area contributed by atoms with Crippen molar-refractivity contribution in [2.75, 3.05) is 5.73 Å². The van der Waals surface area contributed by atoms with Gasteiger partial charge in [-0.1, -0.05) is 18.2 Å². The van der Waals surface area contributed by atoms with Crippen LogP contribution in [0.15, 0.2) is 41.3 Å². The smallest absolute Gasteiger partial charge is 0.459 e. The Morgan fingerprint density at radius 3 is 2.53 bits per heavy atom. The van der Waals surface area contributed by atoms with Crippen LogP contribution in [-0.4, -0.2) is 56.8 Å². The van der Waals surface area contributed by atoms with Gasteiger partial charge in [0, 0.05) is 0 Å². The molecule has 0 saturated carbocycles. The molecule has 0 radical (unpaired) electrons. The van der Waals surface area contributed by atoms with E-state index in [-0.39, 0.29) is 5.75 Å². The molecule has 38 heavy (non-hydrogen) atoms. The van der Waals surface area contributed by atoms with Crippen LogP contribution in [-0.2, 0) is 23.4 Å². The molecule has 3 rings (SSSR count). The molecule has 12 nitrogen and oxygen atoms in total. The summed E-state index contributed by atoms with van der Waals surface area (Å²) in [6.07, 6.45) is -6.45. The van der Waals surface area contributed by atoms with Crippen LogP contribution < -0.4 is 21.0 Å². The van der Waals surface area contributed by atoms with Gasteiger partial charge in [0.15, 0.2) is 23.5 Å². The maximum Gasteiger partial charge on any atom is 0.459 e. The first-order valence-electron chi connectivity index (χ1n) is 11.7. The molecule has 0 amide bonds. The van der Waals surface area contributed by atoms with Gasteiger partial charge in [-0.05, 0) is 46.8 Å². The monoisotopic (exact) mass is 560 g/mol. The lowest BCUT2D eigenvalue weighted by Gasteiger charge is -2.29. The topological polar surface area (TPSA) is 164 Å². The third-order valence-corrected chi connectivity index (χ3v) is 7.40. The SMILES string of the molecule is CC(C)OC(=O)[C@H](C)NP(=O)(Oc1ccccc1)O[C@H](C)[C@H]1O[C@@H](n2cc(F)c(N)nc2=O)[C@](C)(F)C1O. The van der Waals surface area contributed by atoms with E-state index in [4.69, 9.17) is 24.3 Å². The van der Waals surface area contributed by atoms with E-state index in [1.165, 1.54) is 26.0 Å². The number of aromatic nitrogens is 2. The van der Waals surface area contributed by atoms with Gasteiger partial charge in [-0.3, -0.25) is 13.9 Å². The molecule has 1 aromatic carbocycles. The number of aliphatic hydroxyl groups excluding tert-OH is 1. The Hall–Kier alpha value is -2.90. The van der Waals surface area contributed by atoms with E-state index >= 15 is 4.39 Å². The van der Waals surface area contributed by atoms with Crippen LogP contribution in [0.2, 0.25) is 0 Å². The Labute approximate surface area is 217 Å². The average molecular weight is 560 g/mol. The van der Waals surface area contributed by atoms with Crippen molar-refractivity contribution in [3.8, 4) is 5.75 Å². The van der Waals surface area contributed by atoms with Crippen LogP contribution in [0.3, 0.4) is 0 Å². The second kappa shape index (κ2) is 11.5. The number of anilines is 1. The number of nitrogens with two attached hydrogens (primary N) is 1. The predicted octanol–water partition coefficient (Wildman–Crippen LogP) is 2.47. The number of alkyl halides is 1. The summed E-state index contributed by atoms with van der Waals surface area (Å²) in [6.45, 7) is 6.92. The van der Waals surface area contributed by atoms with E-state index in [9.17, 15) is 23.7 Å². The molecule has 210 valence electrons. The third kappa shape index (κ3) is 6.56. The molecule has 1 aliphatic rings. The van der Waals surface area contributed by atoms with E-state index < -0.39 is 73.4 Å². The fourth-order valence-electron chi connectivity index (χ4n) is 3.76. The van der Waals surface area contributed by atoms with Crippen LogP contribution in [0.5, 0.6) is 5.75 Å². The van der Waals surface area contributed by atoms with Gasteiger partial charge < -0.3 is 24.8 Å². The Morgan fingerprint density at radius 1 is 1.29 bits per heavy atom. The van der Waals surface area contributed by atoms with E-state index in [0.717, 1.165) is 6.92 Å². The summed E-state index contributed by atoms with van der Waals surface area (Å²) >= 11 is 0. The molecular weight excluding hydrogens is 529 g/mol. The van der Waals surface area contributed by atoms with Crippen molar-refractivity contribution in [1.29, 1.82) is 0 Å². The van der Waals surface area contributed by atoms with Gasteiger partial charge in [-0.25, -0.2) is 18.1 Å². The number of para-hydroxylation sites is 1. The number of ether oxygens (including phenoxy) is 2. The largest absolute Gasteiger partial charge is 0.462 e. The van der Waals surface area contributed by atoms with E-state index in [2.05, 4.69) is 10.1 Å². The van der Waals surface area contributed by atoms with Crippen molar-refractivity contribution in [2.24, 2.45) is 0 Å². The summed E-state index contributed by atoms with van der Waals surface area (Å²) in [7, 11) is -4.41. The Kier molecular flexibility index (Phi) is 8.94. The number of hydrogen-bond donors (Lipinski definition) is 3. The predicted molar refractivity (Wildman–Crippen MR) is 131 cm³/mol. The first-order chi connectivity index (χ1) is 17.6. The molecule has 2 aromatic rings. The van der Waals surface area contributed by atoms with Crippen LogP contribution in [0.25, 0.3) is 0 Å². The van der Waals surface area contributed by atoms with Crippen molar-refractivity contribution < 1.29 is 41.8 Å². The minimum Gasteiger partial charge on any atom is -0.462 e. The Bertz CT molecular complexity index is 1250. The molecule has 1 aliphatic heterocycles. The number of esters is 1. The molecule has 2 unspecified atom stereocenters. The molecule has 7 atom stereocenters. The second-order valence-electron chi connectivity index (χ2n) is 9.26. The molecule has 0 bridgehead atoms. The Morgan fingerprint density at radius 2 is 1.92 bits per heavy atom. The molecule has 0 spiro atoms. The first kappa shape index (κ1) is 29.7. The highest BCUT2D eigenvalue weighted by atomic mass is 31.2. The van der Waals surface area contributed by atoms with Gasteiger partial charge in [0.05, 0.1) is 18.4 Å². The standard InChI is InChI=1S/C23H31F2N4O8P/c1-12(2)34-20(31)13(3)28-38(33,37-15-9-7-6-8-10-15)36-14(4)17-18(30)23(5,25)21(35-17)29-11-16(24)19(26)27-22(29)32/h6-14,17-18,21,30H,1-5H3,(H,28,33)(H2,26,27,32)/t13-,14+,17+,18?,21+,23+,38?/m0/s1. The second-order valence-corrected chi connectivity index (χ2v) is 10.9. The molecule has 0 aliphatic carbocycles. The minimum absolute atomic E-state index is 0.121. The summed E-state index contributed by atoms with van der Waals surface area (Å²) in [4.78, 5) is 27.9. The van der Waals surface area contributed by atoms with Crippen molar-refractivity contribution in [3.05, 3.63) is 52.8 Å². The first-order valence-corrected chi connectivity index (χ1v) is 13.3. The number of halogens is 2. The van der Waals surface area contributed by atoms with Gasteiger partial charge >= 0.3 is 19.4 Å². The number of carbonyl (C=O) groups is 1. The Balaban J connectivity index is 1.88. The summed E-state index contributed by atoms with van der Waals surface area (Å²) in [5, 5.41) is 13.2. The van der Waals surface area contributed by atoms with Gasteiger partial charge in [-0.15, -0.1) is 0 Å². The molecule has 1 fully saturated rings. The van der Waals surface area contributed by atoms with Gasteiger partial charge in [0.2, 0.25) is 0 Å². The fourth-order valence-corrected chi connectivity index (χ4v) is 5.45. The highest BCUT2D eigenvalue weighted by Crippen LogP contribution is 2.49. The number of nitrogens with zero attached hydrogens (tertiary/aromatic N) is 2. The van der Waals surface area contributed by atoms with Gasteiger partial charge in [-0.2, -0.15) is 10.1 Å². The van der Waals surface area contributed by atoms with Crippen LogP contribution in [0, 0.1) is 5.82 Å². The van der Waals surface area contributed by atoms with E-state index in [1.807, 2.05) is 0 Å². The maximum atomic E-state index is 15.6. The maximum absolute atomic E-state index is 15.6. The molecule has 4 N–H and O–H groups in total. The number of carbonyl (C=O) groups excluding carboxylic acids is 1. The van der Waals surface area contributed by atoms with Crippen molar-refractivity contribution in [2.45, 2.75) is 77.0 Å². The molecular formula is C23H31F2N4O8P. The zero-order valence-electron chi connectivity index (χ0n) is 21.4. The van der Waals surface area contributed by atoms with Crippen LogP contribution in [0.4, 0.5) is 14.6 Å². The lowest BCUT2D eigenvalue weighted by molar-refractivity contribution is -0.149. The van der Waals surface area contributed by atoms with Crippen LogP contribution in [0.1, 0.15) is 40.8 Å². The highest BCUT2D eigenvalue weighted by molar-refractivity contribution is 7.52. The number of hydrogen-bond acceptors (Lipinski definition) is 10. The number of benzene rings is 1. The fraction of sp³-hybridized carbons (Fsp3) is 0.522. The van der Waals surface area contributed by atoms with Gasteiger partial charge in [0.25, 0.3) is 0 Å². The lowest BCUT2D eigenvalue weighted by Crippen LogP contribution is -2.45. The minimum atomic E-state index is -4.41. The normalized spacial score (nSPS) is 26.5. The highest BCUT2D eigenvalue weighted by Gasteiger charge is 2.58. The van der Waals surface area contributed by atoms with Crippen molar-refractivity contribution >= 4 is 19.5 Å². The molecule has 2 heterocycles. The van der Waals surface area contributed by atoms with Gasteiger partial charge in [0.1, 0.15) is 24.0 Å². The summed E-state index contributed by atoms with van der Waals surface area (Å²) in [5.74, 6) is -2.40. The zero-order chi connectivity index (χ0) is 28.4.